The van der Waals surface area contributed by atoms with Crippen molar-refractivity contribution >= 4 is 11.0 Å². The molecule has 0 bridgehead atoms. The molecule has 1 atom stereocenters. The highest BCUT2D eigenvalue weighted by molar-refractivity contribution is 5.76. The molecule has 0 aliphatic carbocycles. The minimum Gasteiger partial charge on any atom is -0.472 e. The Morgan fingerprint density at radius 3 is 2.96 bits per heavy atom. The highest BCUT2D eigenvalue weighted by Crippen LogP contribution is 2.36. The summed E-state index contributed by atoms with van der Waals surface area (Å²) in [4.78, 5) is 15.5. The zero-order valence-corrected chi connectivity index (χ0v) is 15.6. The summed E-state index contributed by atoms with van der Waals surface area (Å²) in [6, 6.07) is 10.7. The Morgan fingerprint density at radius 2 is 2.15 bits per heavy atom. The van der Waals surface area contributed by atoms with Crippen LogP contribution >= 0.6 is 0 Å². The van der Waals surface area contributed by atoms with Gasteiger partial charge in [0.25, 0.3) is 0 Å². The SMILES string of the molecule is CC(C)n1c([C@@H]2c3nc[nH]c3CCN2Cc2ccoc2)nc2ccccc21. The van der Waals surface area contributed by atoms with E-state index >= 15 is 0 Å². The average Bonchev–Trinajstić information content (AvgIpc) is 3.40. The molecular weight excluding hydrogens is 338 g/mol. The number of nitrogens with zero attached hydrogens (tertiary/aromatic N) is 4. The van der Waals surface area contributed by atoms with Gasteiger partial charge in [-0.15, -0.1) is 0 Å². The minimum atomic E-state index is 0.0182. The second kappa shape index (κ2) is 6.39. The third kappa shape index (κ3) is 2.68. The van der Waals surface area contributed by atoms with Gasteiger partial charge in [0.2, 0.25) is 0 Å². The predicted octanol–water partition coefficient (Wildman–Crippen LogP) is 4.08. The van der Waals surface area contributed by atoms with Gasteiger partial charge in [0, 0.05) is 36.8 Å². The van der Waals surface area contributed by atoms with E-state index in [-0.39, 0.29) is 6.04 Å². The summed E-state index contributed by atoms with van der Waals surface area (Å²) in [5.74, 6) is 1.06. The van der Waals surface area contributed by atoms with E-state index in [0.29, 0.717) is 6.04 Å². The Bertz CT molecular complexity index is 1060. The van der Waals surface area contributed by atoms with Crippen molar-refractivity contribution in [3.05, 3.63) is 72.0 Å². The fourth-order valence-electron chi connectivity index (χ4n) is 4.20. The molecule has 4 aromatic rings. The number of benzene rings is 1. The number of H-pyrrole nitrogens is 1. The molecule has 5 rings (SSSR count). The van der Waals surface area contributed by atoms with Crippen LogP contribution in [0.3, 0.4) is 0 Å². The Hall–Kier alpha value is -2.86. The van der Waals surface area contributed by atoms with Crippen LogP contribution in [-0.4, -0.2) is 31.0 Å². The normalized spacial score (nSPS) is 17.7. The quantitative estimate of drug-likeness (QED) is 0.595. The smallest absolute Gasteiger partial charge is 0.133 e. The van der Waals surface area contributed by atoms with E-state index in [0.717, 1.165) is 36.5 Å². The van der Waals surface area contributed by atoms with Gasteiger partial charge < -0.3 is 14.0 Å². The third-order valence-corrected chi connectivity index (χ3v) is 5.37. The first-order chi connectivity index (χ1) is 13.2. The number of para-hydroxylation sites is 2. The lowest BCUT2D eigenvalue weighted by Gasteiger charge is -2.35. The summed E-state index contributed by atoms with van der Waals surface area (Å²) in [6.45, 7) is 6.19. The van der Waals surface area contributed by atoms with E-state index < -0.39 is 0 Å². The van der Waals surface area contributed by atoms with Crippen LogP contribution in [0.5, 0.6) is 0 Å². The van der Waals surface area contributed by atoms with Gasteiger partial charge in [-0.2, -0.15) is 0 Å². The molecule has 1 aromatic carbocycles. The molecule has 1 aliphatic heterocycles. The van der Waals surface area contributed by atoms with Gasteiger partial charge in [0.05, 0.1) is 35.6 Å². The number of hydrogen-bond acceptors (Lipinski definition) is 4. The second-order valence-electron chi connectivity index (χ2n) is 7.44. The Kier molecular flexibility index (Phi) is 3.86. The molecule has 0 saturated carbocycles. The number of fused-ring (bicyclic) bond motifs is 2. The second-order valence-corrected chi connectivity index (χ2v) is 7.44. The summed E-state index contributed by atoms with van der Waals surface area (Å²) in [6.07, 6.45) is 6.33. The van der Waals surface area contributed by atoms with Gasteiger partial charge in [0.15, 0.2) is 0 Å². The van der Waals surface area contributed by atoms with Crippen LogP contribution in [0.4, 0.5) is 0 Å². The van der Waals surface area contributed by atoms with Gasteiger partial charge in [0.1, 0.15) is 11.9 Å². The van der Waals surface area contributed by atoms with Crippen molar-refractivity contribution in [2.45, 2.75) is 38.9 Å². The van der Waals surface area contributed by atoms with Crippen LogP contribution in [0, 0.1) is 0 Å². The molecule has 4 heterocycles. The van der Waals surface area contributed by atoms with Crippen molar-refractivity contribution in [3.63, 3.8) is 0 Å². The number of imidazole rings is 2. The number of hydrogen-bond donors (Lipinski definition) is 1. The Morgan fingerprint density at radius 1 is 1.26 bits per heavy atom. The molecule has 3 aromatic heterocycles. The van der Waals surface area contributed by atoms with Crippen LogP contribution in [0.2, 0.25) is 0 Å². The van der Waals surface area contributed by atoms with Gasteiger partial charge in [-0.3, -0.25) is 4.90 Å². The first-order valence-corrected chi connectivity index (χ1v) is 9.46. The maximum Gasteiger partial charge on any atom is 0.133 e. The third-order valence-electron chi connectivity index (χ3n) is 5.37. The maximum atomic E-state index is 5.29. The molecule has 1 N–H and O–H groups in total. The van der Waals surface area contributed by atoms with Gasteiger partial charge in [-0.1, -0.05) is 12.1 Å². The van der Waals surface area contributed by atoms with Crippen molar-refractivity contribution in [2.24, 2.45) is 0 Å². The molecule has 6 heteroatoms. The molecule has 0 saturated heterocycles. The lowest BCUT2D eigenvalue weighted by atomic mass is 10.0. The van der Waals surface area contributed by atoms with Gasteiger partial charge in [-0.25, -0.2) is 9.97 Å². The highest BCUT2D eigenvalue weighted by Gasteiger charge is 2.35. The molecule has 0 spiro atoms. The summed E-state index contributed by atoms with van der Waals surface area (Å²) in [7, 11) is 0. The molecule has 6 nitrogen and oxygen atoms in total. The Labute approximate surface area is 157 Å². The minimum absolute atomic E-state index is 0.0182. The monoisotopic (exact) mass is 361 g/mol. The summed E-state index contributed by atoms with van der Waals surface area (Å²) in [5.41, 5.74) is 5.68. The van der Waals surface area contributed by atoms with Crippen molar-refractivity contribution in [2.75, 3.05) is 6.54 Å². The zero-order chi connectivity index (χ0) is 18.4. The fourth-order valence-corrected chi connectivity index (χ4v) is 4.20. The Balaban J connectivity index is 1.68. The molecule has 0 radical (unpaired) electrons. The topological polar surface area (TPSA) is 62.9 Å². The lowest BCUT2D eigenvalue weighted by molar-refractivity contribution is 0.188. The first kappa shape index (κ1) is 16.3. The molecule has 0 fully saturated rings. The van der Waals surface area contributed by atoms with E-state index in [1.807, 2.05) is 18.4 Å². The van der Waals surface area contributed by atoms with Crippen LogP contribution < -0.4 is 0 Å². The largest absolute Gasteiger partial charge is 0.472 e. The zero-order valence-electron chi connectivity index (χ0n) is 15.6. The number of furan rings is 1. The fraction of sp³-hybridized carbons (Fsp3) is 0.333. The van der Waals surface area contributed by atoms with Gasteiger partial charge in [-0.05, 0) is 32.0 Å². The molecule has 0 unspecified atom stereocenters. The molecule has 0 amide bonds. The van der Waals surface area contributed by atoms with Crippen molar-refractivity contribution in [3.8, 4) is 0 Å². The molecular formula is C21H23N5O. The van der Waals surface area contributed by atoms with E-state index in [2.05, 4.69) is 46.5 Å². The van der Waals surface area contributed by atoms with Crippen molar-refractivity contribution in [1.82, 2.24) is 24.4 Å². The van der Waals surface area contributed by atoms with E-state index in [1.54, 1.807) is 12.6 Å². The molecule has 27 heavy (non-hydrogen) atoms. The average molecular weight is 361 g/mol. The highest BCUT2D eigenvalue weighted by atomic mass is 16.3. The van der Waals surface area contributed by atoms with E-state index in [1.165, 1.54) is 16.8 Å². The maximum absolute atomic E-state index is 5.29. The predicted molar refractivity (Wildman–Crippen MR) is 103 cm³/mol. The van der Waals surface area contributed by atoms with Crippen LogP contribution in [0.25, 0.3) is 11.0 Å². The lowest BCUT2D eigenvalue weighted by Crippen LogP contribution is -2.37. The molecule has 1 aliphatic rings. The van der Waals surface area contributed by atoms with E-state index in [4.69, 9.17) is 14.4 Å². The standard InChI is InChI=1S/C21H23N5O/c1-14(2)26-18-6-4-3-5-16(18)24-21(26)20-19-17(22-13-23-19)7-9-25(20)11-15-8-10-27-12-15/h3-6,8,10,12-14,20H,7,9,11H2,1-2H3,(H,22,23)/t20-/m0/s1. The molecule has 138 valence electrons. The first-order valence-electron chi connectivity index (χ1n) is 9.46. The number of nitrogens with one attached hydrogen (secondary N) is 1. The van der Waals surface area contributed by atoms with E-state index in [9.17, 15) is 0 Å². The summed E-state index contributed by atoms with van der Waals surface area (Å²) in [5, 5.41) is 0. The summed E-state index contributed by atoms with van der Waals surface area (Å²) >= 11 is 0. The van der Waals surface area contributed by atoms with Crippen LogP contribution in [0.15, 0.2) is 53.6 Å². The van der Waals surface area contributed by atoms with Crippen LogP contribution in [-0.2, 0) is 13.0 Å². The number of aromatic amines is 1. The van der Waals surface area contributed by atoms with Crippen LogP contribution in [0.1, 0.15) is 48.7 Å². The summed E-state index contributed by atoms with van der Waals surface area (Å²) < 4.78 is 7.65. The number of aromatic nitrogens is 4. The van der Waals surface area contributed by atoms with Gasteiger partial charge >= 0.3 is 0 Å². The number of rotatable bonds is 4. The van der Waals surface area contributed by atoms with Crippen molar-refractivity contribution < 1.29 is 4.42 Å². The van der Waals surface area contributed by atoms with Crippen molar-refractivity contribution in [1.29, 1.82) is 0 Å².